The van der Waals surface area contributed by atoms with E-state index in [1.807, 2.05) is 23.2 Å². The van der Waals surface area contributed by atoms with E-state index in [2.05, 4.69) is 22.7 Å². The Labute approximate surface area is 113 Å². The molecule has 0 unspecified atom stereocenters. The molecule has 19 heavy (non-hydrogen) atoms. The Morgan fingerprint density at radius 1 is 1.26 bits per heavy atom. The zero-order valence-electron chi connectivity index (χ0n) is 11.3. The highest BCUT2D eigenvalue weighted by molar-refractivity contribution is 5.95. The number of anilines is 1. The van der Waals surface area contributed by atoms with Crippen molar-refractivity contribution in [2.24, 2.45) is 0 Å². The van der Waals surface area contributed by atoms with Gasteiger partial charge < -0.3 is 10.2 Å². The van der Waals surface area contributed by atoms with Crippen LogP contribution in [-0.4, -0.2) is 55.6 Å². The van der Waals surface area contributed by atoms with Gasteiger partial charge in [0.15, 0.2) is 0 Å². The van der Waals surface area contributed by atoms with Gasteiger partial charge in [0.1, 0.15) is 0 Å². The van der Waals surface area contributed by atoms with Crippen LogP contribution in [0.1, 0.15) is 15.9 Å². The highest BCUT2D eigenvalue weighted by Crippen LogP contribution is 2.23. The molecular weight excluding hydrogens is 240 g/mol. The normalized spacial score (nSPS) is 19.8. The van der Waals surface area contributed by atoms with Crippen molar-refractivity contribution in [1.29, 1.82) is 0 Å². The lowest BCUT2D eigenvalue weighted by molar-refractivity contribution is 0.0662. The van der Waals surface area contributed by atoms with Crippen molar-refractivity contribution in [1.82, 2.24) is 15.3 Å². The number of hydrazine groups is 1. The van der Waals surface area contributed by atoms with E-state index in [-0.39, 0.29) is 5.91 Å². The molecule has 102 valence electrons. The molecular formula is C14H20N4O. The maximum absolute atomic E-state index is 12.2. The number of carbonyl (C=O) groups excluding carboxylic acids is 1. The predicted molar refractivity (Wildman–Crippen MR) is 75.2 cm³/mol. The molecule has 2 aliphatic rings. The molecule has 5 heteroatoms. The smallest absolute Gasteiger partial charge is 0.265 e. The van der Waals surface area contributed by atoms with Crippen LogP contribution in [0.5, 0.6) is 0 Å². The Bertz CT molecular complexity index is 480. The van der Waals surface area contributed by atoms with Crippen LogP contribution >= 0.6 is 0 Å². The molecule has 3 rings (SSSR count). The maximum atomic E-state index is 12.2. The van der Waals surface area contributed by atoms with Crippen LogP contribution < -0.4 is 10.7 Å². The van der Waals surface area contributed by atoms with Crippen molar-refractivity contribution < 1.29 is 4.79 Å². The van der Waals surface area contributed by atoms with Crippen molar-refractivity contribution in [2.45, 2.75) is 6.42 Å². The van der Waals surface area contributed by atoms with Gasteiger partial charge in [-0.1, -0.05) is 6.07 Å². The number of hydrogen-bond acceptors (Lipinski definition) is 4. The van der Waals surface area contributed by atoms with Crippen LogP contribution in [0.25, 0.3) is 0 Å². The minimum atomic E-state index is -0.0129. The number of likely N-dealkylation sites (N-methyl/N-ethyl adjacent to an activating group) is 1. The zero-order valence-corrected chi connectivity index (χ0v) is 11.3. The first-order valence-corrected chi connectivity index (χ1v) is 6.83. The first-order valence-electron chi connectivity index (χ1n) is 6.83. The summed E-state index contributed by atoms with van der Waals surface area (Å²) in [6.07, 6.45) is 1.05. The van der Waals surface area contributed by atoms with Crippen LogP contribution in [0.3, 0.4) is 0 Å². The first kappa shape index (κ1) is 12.4. The van der Waals surface area contributed by atoms with E-state index in [0.717, 1.165) is 50.4 Å². The van der Waals surface area contributed by atoms with Gasteiger partial charge in [-0.3, -0.25) is 10.2 Å². The standard InChI is InChI=1S/C14H20N4O/c1-17-6-8-18(9-7-17)16-14(19)12-3-2-11-4-5-15-13(11)10-12/h2-3,10,15H,4-9H2,1H3,(H,16,19). The van der Waals surface area contributed by atoms with E-state index in [1.165, 1.54) is 5.56 Å². The van der Waals surface area contributed by atoms with Crippen molar-refractivity contribution in [2.75, 3.05) is 45.1 Å². The summed E-state index contributed by atoms with van der Waals surface area (Å²) in [5, 5.41) is 5.31. The largest absolute Gasteiger partial charge is 0.384 e. The fourth-order valence-electron chi connectivity index (χ4n) is 2.56. The summed E-state index contributed by atoms with van der Waals surface area (Å²) in [7, 11) is 2.10. The highest BCUT2D eigenvalue weighted by Gasteiger charge is 2.18. The fraction of sp³-hybridized carbons (Fsp3) is 0.500. The van der Waals surface area contributed by atoms with Crippen molar-refractivity contribution in [3.05, 3.63) is 29.3 Å². The Hall–Kier alpha value is -1.59. The number of piperazine rings is 1. The van der Waals surface area contributed by atoms with Gasteiger partial charge >= 0.3 is 0 Å². The summed E-state index contributed by atoms with van der Waals surface area (Å²) in [5.41, 5.74) is 6.12. The topological polar surface area (TPSA) is 47.6 Å². The Morgan fingerprint density at radius 2 is 2.05 bits per heavy atom. The number of rotatable bonds is 2. The van der Waals surface area contributed by atoms with E-state index in [4.69, 9.17) is 0 Å². The molecule has 2 heterocycles. The average Bonchev–Trinajstić information content (AvgIpc) is 2.88. The second kappa shape index (κ2) is 5.19. The molecule has 0 radical (unpaired) electrons. The third kappa shape index (κ3) is 2.72. The molecule has 0 aliphatic carbocycles. The maximum Gasteiger partial charge on any atom is 0.265 e. The Kier molecular flexibility index (Phi) is 3.40. The quantitative estimate of drug-likeness (QED) is 0.815. The summed E-state index contributed by atoms with van der Waals surface area (Å²) >= 11 is 0. The molecule has 1 aromatic rings. The summed E-state index contributed by atoms with van der Waals surface area (Å²) in [6.45, 7) is 4.72. The number of nitrogens with zero attached hydrogens (tertiary/aromatic N) is 2. The molecule has 0 saturated carbocycles. The molecule has 2 aliphatic heterocycles. The van der Waals surface area contributed by atoms with E-state index >= 15 is 0 Å². The molecule has 1 amide bonds. The van der Waals surface area contributed by atoms with Gasteiger partial charge in [-0.05, 0) is 31.2 Å². The predicted octanol–water partition coefficient (Wildman–Crippen LogP) is 0.547. The average molecular weight is 260 g/mol. The number of fused-ring (bicyclic) bond motifs is 1. The van der Waals surface area contributed by atoms with E-state index in [0.29, 0.717) is 0 Å². The fourth-order valence-corrected chi connectivity index (χ4v) is 2.56. The minimum absolute atomic E-state index is 0.0129. The Balaban J connectivity index is 1.64. The van der Waals surface area contributed by atoms with Crippen LogP contribution in [0, 0.1) is 0 Å². The minimum Gasteiger partial charge on any atom is -0.384 e. The van der Waals surface area contributed by atoms with Crippen LogP contribution in [0.4, 0.5) is 5.69 Å². The van der Waals surface area contributed by atoms with Gasteiger partial charge in [-0.15, -0.1) is 0 Å². The zero-order chi connectivity index (χ0) is 13.2. The number of nitrogens with one attached hydrogen (secondary N) is 2. The third-order valence-electron chi connectivity index (χ3n) is 3.84. The van der Waals surface area contributed by atoms with Gasteiger partial charge in [0.25, 0.3) is 5.91 Å². The summed E-state index contributed by atoms with van der Waals surface area (Å²) < 4.78 is 0. The molecule has 2 N–H and O–H groups in total. The van der Waals surface area contributed by atoms with E-state index in [9.17, 15) is 4.79 Å². The summed E-state index contributed by atoms with van der Waals surface area (Å²) in [4.78, 5) is 14.5. The third-order valence-corrected chi connectivity index (χ3v) is 3.84. The lowest BCUT2D eigenvalue weighted by Gasteiger charge is -2.32. The second-order valence-electron chi connectivity index (χ2n) is 5.28. The molecule has 0 aromatic heterocycles. The van der Waals surface area contributed by atoms with Gasteiger partial charge in [0, 0.05) is 44.0 Å². The van der Waals surface area contributed by atoms with Crippen LogP contribution in [-0.2, 0) is 6.42 Å². The molecule has 0 atom stereocenters. The molecule has 1 aromatic carbocycles. The molecule has 0 bridgehead atoms. The van der Waals surface area contributed by atoms with Gasteiger partial charge in [-0.25, -0.2) is 5.01 Å². The van der Waals surface area contributed by atoms with Gasteiger partial charge in [0.05, 0.1) is 0 Å². The summed E-state index contributed by atoms with van der Waals surface area (Å²) in [5.74, 6) is -0.0129. The lowest BCUT2D eigenvalue weighted by Crippen LogP contribution is -2.52. The SMILES string of the molecule is CN1CCN(NC(=O)c2ccc3c(c2)NCC3)CC1. The highest BCUT2D eigenvalue weighted by atomic mass is 16.2. The second-order valence-corrected chi connectivity index (χ2v) is 5.28. The molecule has 1 fully saturated rings. The van der Waals surface area contributed by atoms with Crippen LogP contribution in [0.15, 0.2) is 18.2 Å². The molecule has 5 nitrogen and oxygen atoms in total. The van der Waals surface area contributed by atoms with Gasteiger partial charge in [-0.2, -0.15) is 0 Å². The number of hydrogen-bond donors (Lipinski definition) is 2. The monoisotopic (exact) mass is 260 g/mol. The lowest BCUT2D eigenvalue weighted by atomic mass is 10.1. The van der Waals surface area contributed by atoms with E-state index in [1.54, 1.807) is 0 Å². The van der Waals surface area contributed by atoms with Crippen molar-refractivity contribution >= 4 is 11.6 Å². The molecule has 0 spiro atoms. The first-order chi connectivity index (χ1) is 9.22. The van der Waals surface area contributed by atoms with Crippen molar-refractivity contribution in [3.63, 3.8) is 0 Å². The van der Waals surface area contributed by atoms with E-state index < -0.39 is 0 Å². The summed E-state index contributed by atoms with van der Waals surface area (Å²) in [6, 6.07) is 5.92. The van der Waals surface area contributed by atoms with Crippen LogP contribution in [0.2, 0.25) is 0 Å². The Morgan fingerprint density at radius 3 is 2.84 bits per heavy atom. The van der Waals surface area contributed by atoms with Crippen molar-refractivity contribution in [3.8, 4) is 0 Å². The molecule has 1 saturated heterocycles. The number of amides is 1. The number of benzene rings is 1. The number of carbonyl (C=O) groups is 1. The van der Waals surface area contributed by atoms with Gasteiger partial charge in [0.2, 0.25) is 0 Å².